The van der Waals surface area contributed by atoms with Crippen molar-refractivity contribution in [3.05, 3.63) is 0 Å². The monoisotopic (exact) mass is 190 g/mol. The third-order valence-corrected chi connectivity index (χ3v) is 3.36. The lowest BCUT2D eigenvalue weighted by atomic mass is 9.96. The Hall–Kier alpha value is -0.220. The SMILES string of the molecule is O=C(O)C[C@@H](O)C1CCCSC1. The van der Waals surface area contributed by atoms with Crippen LogP contribution in [0.5, 0.6) is 0 Å². The van der Waals surface area contributed by atoms with Gasteiger partial charge in [0, 0.05) is 0 Å². The zero-order valence-corrected chi connectivity index (χ0v) is 7.72. The Labute approximate surface area is 76.2 Å². The Morgan fingerprint density at radius 1 is 1.67 bits per heavy atom. The Kier molecular flexibility index (Phi) is 3.88. The minimum absolute atomic E-state index is 0.106. The molecule has 0 spiro atoms. The molecule has 2 N–H and O–H groups in total. The van der Waals surface area contributed by atoms with Gasteiger partial charge in [0.2, 0.25) is 0 Å². The lowest BCUT2D eigenvalue weighted by Crippen LogP contribution is -2.27. The van der Waals surface area contributed by atoms with Crippen molar-refractivity contribution in [3.8, 4) is 0 Å². The second kappa shape index (κ2) is 4.72. The van der Waals surface area contributed by atoms with Gasteiger partial charge in [0.1, 0.15) is 0 Å². The largest absolute Gasteiger partial charge is 0.481 e. The highest BCUT2D eigenvalue weighted by Crippen LogP contribution is 2.26. The summed E-state index contributed by atoms with van der Waals surface area (Å²) in [5.74, 6) is 1.35. The van der Waals surface area contributed by atoms with E-state index >= 15 is 0 Å². The van der Waals surface area contributed by atoms with E-state index in [0.29, 0.717) is 0 Å². The summed E-state index contributed by atoms with van der Waals surface area (Å²) in [5.41, 5.74) is 0. The van der Waals surface area contributed by atoms with Crippen LogP contribution >= 0.6 is 11.8 Å². The van der Waals surface area contributed by atoms with Crippen LogP contribution in [0.1, 0.15) is 19.3 Å². The molecule has 1 aliphatic rings. The van der Waals surface area contributed by atoms with Crippen molar-refractivity contribution in [1.29, 1.82) is 0 Å². The first-order valence-corrected chi connectivity index (χ1v) is 5.33. The summed E-state index contributed by atoms with van der Waals surface area (Å²) in [5, 5.41) is 17.9. The zero-order chi connectivity index (χ0) is 8.97. The van der Waals surface area contributed by atoms with Gasteiger partial charge in [-0.15, -0.1) is 0 Å². The van der Waals surface area contributed by atoms with Crippen molar-refractivity contribution in [2.24, 2.45) is 5.92 Å². The maximum atomic E-state index is 10.3. The van der Waals surface area contributed by atoms with Crippen LogP contribution < -0.4 is 0 Å². The third-order valence-electron chi connectivity index (χ3n) is 2.12. The predicted octanol–water partition coefficient (Wildman–Crippen LogP) is 0.965. The van der Waals surface area contributed by atoms with Crippen LogP contribution in [0.4, 0.5) is 0 Å². The molecule has 1 fully saturated rings. The molecule has 1 saturated heterocycles. The number of aliphatic hydroxyl groups is 1. The van der Waals surface area contributed by atoms with E-state index in [1.807, 2.05) is 0 Å². The number of carbonyl (C=O) groups is 1. The Balaban J connectivity index is 2.29. The highest BCUT2D eigenvalue weighted by atomic mass is 32.2. The van der Waals surface area contributed by atoms with Gasteiger partial charge in [0.15, 0.2) is 0 Å². The quantitative estimate of drug-likeness (QED) is 0.696. The van der Waals surface area contributed by atoms with Crippen molar-refractivity contribution < 1.29 is 15.0 Å². The number of aliphatic hydroxyl groups excluding tert-OH is 1. The average molecular weight is 190 g/mol. The second-order valence-electron chi connectivity index (χ2n) is 3.14. The molecule has 0 radical (unpaired) electrons. The van der Waals surface area contributed by atoms with E-state index in [1.54, 1.807) is 11.8 Å². The van der Waals surface area contributed by atoms with Crippen molar-refractivity contribution in [2.45, 2.75) is 25.4 Å². The minimum Gasteiger partial charge on any atom is -0.481 e. The van der Waals surface area contributed by atoms with Gasteiger partial charge in [-0.1, -0.05) is 0 Å². The average Bonchev–Trinajstić information content (AvgIpc) is 2.05. The Bertz CT molecular complexity index is 154. The van der Waals surface area contributed by atoms with E-state index in [4.69, 9.17) is 5.11 Å². The van der Waals surface area contributed by atoms with Gasteiger partial charge in [-0.2, -0.15) is 11.8 Å². The molecule has 3 nitrogen and oxygen atoms in total. The summed E-state index contributed by atoms with van der Waals surface area (Å²) >= 11 is 1.81. The molecule has 1 rings (SSSR count). The number of carboxylic acids is 1. The molecular weight excluding hydrogens is 176 g/mol. The summed E-state index contributed by atoms with van der Waals surface area (Å²) < 4.78 is 0. The molecule has 0 aromatic heterocycles. The molecule has 0 aromatic carbocycles. The molecule has 70 valence electrons. The van der Waals surface area contributed by atoms with Gasteiger partial charge >= 0.3 is 5.97 Å². The fraction of sp³-hybridized carbons (Fsp3) is 0.875. The number of thioether (sulfide) groups is 1. The first-order valence-electron chi connectivity index (χ1n) is 4.17. The Morgan fingerprint density at radius 3 is 2.92 bits per heavy atom. The molecule has 12 heavy (non-hydrogen) atoms. The Morgan fingerprint density at radius 2 is 2.42 bits per heavy atom. The summed E-state index contributed by atoms with van der Waals surface area (Å²) in [6, 6.07) is 0. The molecule has 0 bridgehead atoms. The lowest BCUT2D eigenvalue weighted by molar-refractivity contribution is -0.139. The van der Waals surface area contributed by atoms with Gasteiger partial charge in [-0.3, -0.25) is 4.79 Å². The summed E-state index contributed by atoms with van der Waals surface area (Å²) in [6.45, 7) is 0. The summed E-state index contributed by atoms with van der Waals surface area (Å²) in [6.07, 6.45) is 1.33. The minimum atomic E-state index is -0.905. The zero-order valence-electron chi connectivity index (χ0n) is 6.90. The van der Waals surface area contributed by atoms with Crippen LogP contribution in [0.2, 0.25) is 0 Å². The van der Waals surface area contributed by atoms with Crippen LogP contribution in [0.15, 0.2) is 0 Å². The molecule has 1 aliphatic heterocycles. The molecule has 1 unspecified atom stereocenters. The predicted molar refractivity (Wildman–Crippen MR) is 48.3 cm³/mol. The van der Waals surface area contributed by atoms with Crippen LogP contribution in [-0.2, 0) is 4.79 Å². The van der Waals surface area contributed by atoms with E-state index in [9.17, 15) is 9.90 Å². The fourth-order valence-corrected chi connectivity index (χ4v) is 2.64. The highest BCUT2D eigenvalue weighted by Gasteiger charge is 2.23. The number of carboxylic acid groups (broad SMARTS) is 1. The third kappa shape index (κ3) is 3.03. The molecule has 0 saturated carbocycles. The normalized spacial score (nSPS) is 26.6. The van der Waals surface area contributed by atoms with E-state index < -0.39 is 12.1 Å². The van der Waals surface area contributed by atoms with Gasteiger partial charge < -0.3 is 10.2 Å². The molecule has 0 amide bonds. The maximum Gasteiger partial charge on any atom is 0.305 e. The second-order valence-corrected chi connectivity index (χ2v) is 4.29. The van der Waals surface area contributed by atoms with Crippen molar-refractivity contribution in [3.63, 3.8) is 0 Å². The maximum absolute atomic E-state index is 10.3. The van der Waals surface area contributed by atoms with E-state index in [2.05, 4.69) is 0 Å². The van der Waals surface area contributed by atoms with Gasteiger partial charge in [0.05, 0.1) is 12.5 Å². The van der Waals surface area contributed by atoms with E-state index in [0.717, 1.165) is 24.3 Å². The molecule has 0 aromatic rings. The van der Waals surface area contributed by atoms with Crippen LogP contribution in [0, 0.1) is 5.92 Å². The highest BCUT2D eigenvalue weighted by molar-refractivity contribution is 7.99. The summed E-state index contributed by atoms with van der Waals surface area (Å²) in [7, 11) is 0. The number of rotatable bonds is 3. The van der Waals surface area contributed by atoms with Crippen molar-refractivity contribution in [1.82, 2.24) is 0 Å². The molecular formula is C8H14O3S. The smallest absolute Gasteiger partial charge is 0.305 e. The van der Waals surface area contributed by atoms with Gasteiger partial charge in [-0.05, 0) is 30.3 Å². The first kappa shape index (κ1) is 9.86. The van der Waals surface area contributed by atoms with Crippen molar-refractivity contribution in [2.75, 3.05) is 11.5 Å². The standard InChI is InChI=1S/C8H14O3S/c9-7(4-8(10)11)6-2-1-3-12-5-6/h6-7,9H,1-5H2,(H,10,11)/t6?,7-/m1/s1. The van der Waals surface area contributed by atoms with Gasteiger partial charge in [0.25, 0.3) is 0 Å². The number of hydrogen-bond donors (Lipinski definition) is 2. The molecule has 1 heterocycles. The van der Waals surface area contributed by atoms with E-state index in [-0.39, 0.29) is 12.3 Å². The van der Waals surface area contributed by atoms with Crippen LogP contribution in [0.25, 0.3) is 0 Å². The van der Waals surface area contributed by atoms with Crippen molar-refractivity contribution >= 4 is 17.7 Å². The summed E-state index contributed by atoms with van der Waals surface area (Å²) in [4.78, 5) is 10.3. The van der Waals surface area contributed by atoms with Crippen LogP contribution in [0.3, 0.4) is 0 Å². The fourth-order valence-electron chi connectivity index (χ4n) is 1.41. The lowest BCUT2D eigenvalue weighted by Gasteiger charge is -2.24. The molecule has 2 atom stereocenters. The molecule has 0 aliphatic carbocycles. The topological polar surface area (TPSA) is 57.5 Å². The van der Waals surface area contributed by atoms with Crippen LogP contribution in [-0.4, -0.2) is 33.8 Å². The van der Waals surface area contributed by atoms with E-state index in [1.165, 1.54) is 0 Å². The first-order chi connectivity index (χ1) is 5.70. The number of hydrogen-bond acceptors (Lipinski definition) is 3. The van der Waals surface area contributed by atoms with Gasteiger partial charge in [-0.25, -0.2) is 0 Å². The number of aliphatic carboxylic acids is 1. The molecule has 4 heteroatoms.